The van der Waals surface area contributed by atoms with E-state index in [1.54, 1.807) is 0 Å². The van der Waals surface area contributed by atoms with Gasteiger partial charge in [-0.15, -0.1) is 0 Å². The topological polar surface area (TPSA) is 95.5 Å². The number of hydrogen-bond acceptors (Lipinski definition) is 3. The number of amides is 2. The Labute approximate surface area is 118 Å². The van der Waals surface area contributed by atoms with Crippen molar-refractivity contribution in [2.75, 3.05) is 6.54 Å². The smallest absolute Gasteiger partial charge is 0.306 e. The molecule has 0 saturated heterocycles. The van der Waals surface area contributed by atoms with E-state index >= 15 is 0 Å². The summed E-state index contributed by atoms with van der Waals surface area (Å²) in [6.07, 6.45) is 4.98. The number of nitrogens with one attached hydrogen (secondary N) is 2. The summed E-state index contributed by atoms with van der Waals surface area (Å²) in [7, 11) is 0. The van der Waals surface area contributed by atoms with Crippen LogP contribution in [0.5, 0.6) is 0 Å². The fourth-order valence-corrected chi connectivity index (χ4v) is 2.62. The number of carboxylic acids is 1. The molecule has 20 heavy (non-hydrogen) atoms. The molecule has 2 saturated carbocycles. The summed E-state index contributed by atoms with van der Waals surface area (Å²) in [5.74, 6) is -1.59. The molecule has 2 amide bonds. The lowest BCUT2D eigenvalue weighted by Gasteiger charge is -2.25. The van der Waals surface area contributed by atoms with Crippen molar-refractivity contribution in [1.29, 1.82) is 0 Å². The molecule has 2 atom stereocenters. The van der Waals surface area contributed by atoms with E-state index in [0.29, 0.717) is 25.4 Å². The van der Waals surface area contributed by atoms with Crippen molar-refractivity contribution >= 4 is 17.8 Å². The third-order valence-corrected chi connectivity index (χ3v) is 3.99. The van der Waals surface area contributed by atoms with Crippen molar-refractivity contribution in [2.45, 2.75) is 51.0 Å². The maximum absolute atomic E-state index is 11.9. The van der Waals surface area contributed by atoms with E-state index in [4.69, 9.17) is 5.11 Å². The molecule has 0 spiro atoms. The van der Waals surface area contributed by atoms with Crippen molar-refractivity contribution in [3.63, 3.8) is 0 Å². The van der Waals surface area contributed by atoms with Gasteiger partial charge in [-0.2, -0.15) is 0 Å². The highest BCUT2D eigenvalue weighted by atomic mass is 16.4. The number of hydrogen-bond donors (Lipinski definition) is 3. The zero-order valence-electron chi connectivity index (χ0n) is 11.6. The molecule has 0 aromatic rings. The summed E-state index contributed by atoms with van der Waals surface area (Å²) >= 11 is 0. The van der Waals surface area contributed by atoms with Crippen molar-refractivity contribution < 1.29 is 19.5 Å². The highest BCUT2D eigenvalue weighted by molar-refractivity contribution is 5.81. The average Bonchev–Trinajstić information content (AvgIpc) is 3.22. The fraction of sp³-hybridized carbons (Fsp3) is 0.786. The molecule has 2 unspecified atom stereocenters. The lowest BCUT2D eigenvalue weighted by Crippen LogP contribution is -2.37. The zero-order chi connectivity index (χ0) is 14.5. The van der Waals surface area contributed by atoms with E-state index in [0.717, 1.165) is 25.7 Å². The molecule has 6 heteroatoms. The molecule has 3 N–H and O–H groups in total. The lowest BCUT2D eigenvalue weighted by atomic mass is 9.81. The second kappa shape index (κ2) is 6.72. The van der Waals surface area contributed by atoms with Crippen LogP contribution in [0.2, 0.25) is 0 Å². The van der Waals surface area contributed by atoms with Crippen LogP contribution in [-0.4, -0.2) is 35.5 Å². The standard InChI is InChI=1S/C14H22N2O4/c17-12(16-11-4-5-11)6-7-15-13(18)9-2-1-3-10(8-9)14(19)20/h9-11H,1-8H2,(H,15,18)(H,16,17)(H,19,20). The number of aliphatic carboxylic acids is 1. The van der Waals surface area contributed by atoms with E-state index in [1.807, 2.05) is 0 Å². The van der Waals surface area contributed by atoms with Crippen LogP contribution in [0, 0.1) is 11.8 Å². The minimum Gasteiger partial charge on any atom is -0.481 e. The predicted molar refractivity (Wildman–Crippen MR) is 71.9 cm³/mol. The number of carbonyl (C=O) groups excluding carboxylic acids is 2. The molecule has 0 bridgehead atoms. The van der Waals surface area contributed by atoms with E-state index in [2.05, 4.69) is 10.6 Å². The number of carboxylic acid groups (broad SMARTS) is 1. The Kier molecular flexibility index (Phi) is 4.98. The number of carbonyl (C=O) groups is 3. The van der Waals surface area contributed by atoms with Gasteiger partial charge in [-0.25, -0.2) is 0 Å². The molecule has 2 aliphatic rings. The fourth-order valence-electron chi connectivity index (χ4n) is 2.62. The molecule has 2 fully saturated rings. The van der Waals surface area contributed by atoms with Crippen molar-refractivity contribution in [2.24, 2.45) is 11.8 Å². The van der Waals surface area contributed by atoms with Crippen LogP contribution in [-0.2, 0) is 14.4 Å². The molecule has 0 radical (unpaired) electrons. The van der Waals surface area contributed by atoms with Gasteiger partial charge < -0.3 is 15.7 Å². The summed E-state index contributed by atoms with van der Waals surface area (Å²) in [5, 5.41) is 14.6. The van der Waals surface area contributed by atoms with Crippen molar-refractivity contribution in [1.82, 2.24) is 10.6 Å². The zero-order valence-corrected chi connectivity index (χ0v) is 11.6. The lowest BCUT2D eigenvalue weighted by molar-refractivity contribution is -0.144. The summed E-state index contributed by atoms with van der Waals surface area (Å²) in [6.45, 7) is 0.325. The van der Waals surface area contributed by atoms with Crippen LogP contribution in [0.3, 0.4) is 0 Å². The van der Waals surface area contributed by atoms with Crippen LogP contribution < -0.4 is 10.6 Å². The molecule has 6 nitrogen and oxygen atoms in total. The minimum absolute atomic E-state index is 0.0279. The Balaban J connectivity index is 1.65. The van der Waals surface area contributed by atoms with Gasteiger partial charge in [0, 0.05) is 24.9 Å². The largest absolute Gasteiger partial charge is 0.481 e. The molecule has 2 rings (SSSR count). The maximum Gasteiger partial charge on any atom is 0.306 e. The second-order valence-electron chi connectivity index (χ2n) is 5.78. The van der Waals surface area contributed by atoms with Crippen LogP contribution in [0.25, 0.3) is 0 Å². The third kappa shape index (κ3) is 4.51. The Morgan fingerprint density at radius 2 is 1.75 bits per heavy atom. The second-order valence-corrected chi connectivity index (χ2v) is 5.78. The summed E-state index contributed by atoms with van der Waals surface area (Å²) in [4.78, 5) is 34.3. The molecule has 2 aliphatic carbocycles. The van der Waals surface area contributed by atoms with E-state index < -0.39 is 11.9 Å². The highest BCUT2D eigenvalue weighted by Gasteiger charge is 2.31. The molecule has 112 valence electrons. The van der Waals surface area contributed by atoms with Crippen LogP contribution in [0.1, 0.15) is 44.9 Å². The molecule has 0 aromatic carbocycles. The van der Waals surface area contributed by atoms with Gasteiger partial charge in [0.05, 0.1) is 5.92 Å². The first-order chi connectivity index (χ1) is 9.56. The molecule has 0 aliphatic heterocycles. The summed E-state index contributed by atoms with van der Waals surface area (Å²) < 4.78 is 0. The van der Waals surface area contributed by atoms with Gasteiger partial charge in [0.25, 0.3) is 0 Å². The van der Waals surface area contributed by atoms with E-state index in [1.165, 1.54) is 0 Å². The molecule has 0 heterocycles. The Morgan fingerprint density at radius 1 is 1.05 bits per heavy atom. The van der Waals surface area contributed by atoms with Crippen LogP contribution in [0.15, 0.2) is 0 Å². The maximum atomic E-state index is 11.9. The van der Waals surface area contributed by atoms with Crippen molar-refractivity contribution in [3.05, 3.63) is 0 Å². The number of rotatable bonds is 6. The summed E-state index contributed by atoms with van der Waals surface area (Å²) in [6, 6.07) is 0.341. The van der Waals surface area contributed by atoms with Gasteiger partial charge in [0.1, 0.15) is 0 Å². The monoisotopic (exact) mass is 282 g/mol. The Bertz CT molecular complexity index is 393. The molecular weight excluding hydrogens is 260 g/mol. The summed E-state index contributed by atoms with van der Waals surface area (Å²) in [5.41, 5.74) is 0. The SMILES string of the molecule is O=C(CCNC(=O)C1CCCC(C(=O)O)C1)NC1CC1. The quantitative estimate of drug-likeness (QED) is 0.667. The van der Waals surface area contributed by atoms with Crippen molar-refractivity contribution in [3.8, 4) is 0 Å². The van der Waals surface area contributed by atoms with Gasteiger partial charge >= 0.3 is 5.97 Å². The first-order valence-electron chi connectivity index (χ1n) is 7.36. The minimum atomic E-state index is -0.814. The van der Waals surface area contributed by atoms with Crippen LogP contribution in [0.4, 0.5) is 0 Å². The van der Waals surface area contributed by atoms with Gasteiger partial charge in [0.15, 0.2) is 0 Å². The highest BCUT2D eigenvalue weighted by Crippen LogP contribution is 2.29. The molecular formula is C14H22N2O4. The van der Waals surface area contributed by atoms with Gasteiger partial charge in [0.2, 0.25) is 11.8 Å². The van der Waals surface area contributed by atoms with Gasteiger partial charge in [-0.05, 0) is 32.1 Å². The third-order valence-electron chi connectivity index (χ3n) is 3.99. The van der Waals surface area contributed by atoms with Gasteiger partial charge in [-0.1, -0.05) is 6.42 Å². The first kappa shape index (κ1) is 14.8. The van der Waals surface area contributed by atoms with Gasteiger partial charge in [-0.3, -0.25) is 14.4 Å². The van der Waals surface area contributed by atoms with E-state index in [-0.39, 0.29) is 24.2 Å². The normalized spacial score (nSPS) is 25.8. The average molecular weight is 282 g/mol. The van der Waals surface area contributed by atoms with E-state index in [9.17, 15) is 14.4 Å². The van der Waals surface area contributed by atoms with Crippen LogP contribution >= 0.6 is 0 Å². The predicted octanol–water partition coefficient (Wildman–Crippen LogP) is 0.662. The first-order valence-corrected chi connectivity index (χ1v) is 7.36. The molecule has 0 aromatic heterocycles. The Hall–Kier alpha value is -1.59. The Morgan fingerprint density at radius 3 is 2.40 bits per heavy atom.